The summed E-state index contributed by atoms with van der Waals surface area (Å²) in [5, 5.41) is 0. The van der Waals surface area contributed by atoms with Crippen LogP contribution in [0, 0.1) is 5.92 Å². The number of methoxy groups -OCH3 is 1. The van der Waals surface area contributed by atoms with E-state index in [1.807, 2.05) is 36.4 Å². The van der Waals surface area contributed by atoms with Crippen LogP contribution in [0.15, 0.2) is 48.8 Å². The normalized spacial score (nSPS) is 17.3. The molecule has 1 amide bonds. The molecular formula is C18H18N2O3. The van der Waals surface area contributed by atoms with Crippen LogP contribution in [-0.4, -0.2) is 30.5 Å². The number of carbonyl (C=O) groups excluding carboxylic acids is 2. The molecule has 5 nitrogen and oxygen atoms in total. The number of amides is 1. The Kier molecular flexibility index (Phi) is 4.37. The molecule has 2 aromatic rings. The summed E-state index contributed by atoms with van der Waals surface area (Å²) in [6, 6.07) is 11.8. The van der Waals surface area contributed by atoms with Gasteiger partial charge in [-0.05, 0) is 41.8 Å². The number of benzene rings is 1. The van der Waals surface area contributed by atoms with Gasteiger partial charge in [0.2, 0.25) is 5.91 Å². The fourth-order valence-electron chi connectivity index (χ4n) is 2.81. The van der Waals surface area contributed by atoms with Gasteiger partial charge >= 0.3 is 5.97 Å². The van der Waals surface area contributed by atoms with Crippen LogP contribution in [0.25, 0.3) is 0 Å². The molecule has 1 aliphatic rings. The summed E-state index contributed by atoms with van der Waals surface area (Å²) in [6.07, 6.45) is 4.59. The van der Waals surface area contributed by atoms with Crippen LogP contribution in [0.3, 0.4) is 0 Å². The number of hydrogen-bond donors (Lipinski definition) is 0. The standard InChI is InChI=1S/C18H18N2O3/c1-23-18(22)15-11-17(21)20(12-15)16-4-2-13(3-5-16)10-14-6-8-19-9-7-14/h2-9,15H,10-12H2,1H3. The summed E-state index contributed by atoms with van der Waals surface area (Å²) in [7, 11) is 1.35. The van der Waals surface area contributed by atoms with Crippen molar-refractivity contribution in [3.05, 3.63) is 59.9 Å². The maximum absolute atomic E-state index is 12.1. The van der Waals surface area contributed by atoms with Gasteiger partial charge in [-0.3, -0.25) is 14.6 Å². The first kappa shape index (κ1) is 15.2. The van der Waals surface area contributed by atoms with E-state index in [1.165, 1.54) is 12.7 Å². The maximum Gasteiger partial charge on any atom is 0.311 e. The third-order valence-corrected chi connectivity index (χ3v) is 4.07. The lowest BCUT2D eigenvalue weighted by atomic mass is 10.1. The molecule has 118 valence electrons. The molecule has 0 bridgehead atoms. The second-order valence-electron chi connectivity index (χ2n) is 5.63. The van der Waals surface area contributed by atoms with Gasteiger partial charge in [-0.25, -0.2) is 0 Å². The third-order valence-electron chi connectivity index (χ3n) is 4.07. The second-order valence-corrected chi connectivity index (χ2v) is 5.63. The highest BCUT2D eigenvalue weighted by Gasteiger charge is 2.35. The van der Waals surface area contributed by atoms with E-state index >= 15 is 0 Å². The summed E-state index contributed by atoms with van der Waals surface area (Å²) < 4.78 is 4.73. The molecule has 1 aliphatic heterocycles. The Hall–Kier alpha value is -2.69. The number of carbonyl (C=O) groups is 2. The molecular weight excluding hydrogens is 292 g/mol. The van der Waals surface area contributed by atoms with Crippen LogP contribution < -0.4 is 4.90 Å². The van der Waals surface area contributed by atoms with Crippen LogP contribution in [0.5, 0.6) is 0 Å². The summed E-state index contributed by atoms with van der Waals surface area (Å²) in [6.45, 7) is 0.384. The third kappa shape index (κ3) is 3.39. The van der Waals surface area contributed by atoms with E-state index in [4.69, 9.17) is 4.74 Å². The van der Waals surface area contributed by atoms with E-state index in [0.717, 1.165) is 17.7 Å². The Bertz CT molecular complexity index is 698. The fourth-order valence-corrected chi connectivity index (χ4v) is 2.81. The first-order chi connectivity index (χ1) is 11.2. The molecule has 1 aromatic carbocycles. The number of rotatable bonds is 4. The van der Waals surface area contributed by atoms with Crippen molar-refractivity contribution < 1.29 is 14.3 Å². The summed E-state index contributed by atoms with van der Waals surface area (Å²) in [5.74, 6) is -0.735. The average Bonchev–Trinajstić information content (AvgIpc) is 2.98. The first-order valence-corrected chi connectivity index (χ1v) is 7.53. The largest absolute Gasteiger partial charge is 0.469 e. The smallest absolute Gasteiger partial charge is 0.311 e. The number of esters is 1. The first-order valence-electron chi connectivity index (χ1n) is 7.53. The SMILES string of the molecule is COC(=O)C1CC(=O)N(c2ccc(Cc3ccncc3)cc2)C1. The van der Waals surface area contributed by atoms with Crippen molar-refractivity contribution in [1.82, 2.24) is 4.98 Å². The molecule has 0 N–H and O–H groups in total. The van der Waals surface area contributed by atoms with Crippen LogP contribution in [0.4, 0.5) is 5.69 Å². The Morgan fingerprint density at radius 3 is 2.48 bits per heavy atom. The number of anilines is 1. The fraction of sp³-hybridized carbons (Fsp3) is 0.278. The van der Waals surface area contributed by atoms with Gasteiger partial charge < -0.3 is 9.64 Å². The van der Waals surface area contributed by atoms with E-state index in [2.05, 4.69) is 4.98 Å². The summed E-state index contributed by atoms with van der Waals surface area (Å²) in [4.78, 5) is 29.3. The average molecular weight is 310 g/mol. The predicted molar refractivity (Wildman–Crippen MR) is 86.0 cm³/mol. The zero-order chi connectivity index (χ0) is 16.2. The molecule has 0 spiro atoms. The molecule has 2 heterocycles. The van der Waals surface area contributed by atoms with E-state index in [-0.39, 0.29) is 24.2 Å². The molecule has 5 heteroatoms. The predicted octanol–water partition coefficient (Wildman–Crippen LogP) is 2.20. The van der Waals surface area contributed by atoms with Crippen molar-refractivity contribution in [2.24, 2.45) is 5.92 Å². The Balaban J connectivity index is 1.70. The summed E-state index contributed by atoms with van der Waals surface area (Å²) >= 11 is 0. The van der Waals surface area contributed by atoms with Gasteiger partial charge in [0, 0.05) is 31.0 Å². The molecule has 23 heavy (non-hydrogen) atoms. The van der Waals surface area contributed by atoms with Gasteiger partial charge in [0.15, 0.2) is 0 Å². The highest BCUT2D eigenvalue weighted by molar-refractivity contribution is 5.99. The number of aromatic nitrogens is 1. The lowest BCUT2D eigenvalue weighted by Gasteiger charge is -2.16. The Labute approximate surface area is 134 Å². The topological polar surface area (TPSA) is 59.5 Å². The van der Waals surface area contributed by atoms with Crippen molar-refractivity contribution in [3.63, 3.8) is 0 Å². The lowest BCUT2D eigenvalue weighted by molar-refractivity contribution is -0.145. The molecule has 0 saturated carbocycles. The van der Waals surface area contributed by atoms with Crippen LogP contribution in [0.1, 0.15) is 17.5 Å². The number of hydrogen-bond acceptors (Lipinski definition) is 4. The van der Waals surface area contributed by atoms with Crippen LogP contribution in [-0.2, 0) is 20.7 Å². The molecule has 1 aromatic heterocycles. The second kappa shape index (κ2) is 6.60. The van der Waals surface area contributed by atoms with Crippen LogP contribution >= 0.6 is 0 Å². The molecule has 0 aliphatic carbocycles. The Morgan fingerprint density at radius 1 is 1.17 bits per heavy atom. The van der Waals surface area contributed by atoms with Gasteiger partial charge in [0.1, 0.15) is 0 Å². The molecule has 1 unspecified atom stereocenters. The van der Waals surface area contributed by atoms with Crippen molar-refractivity contribution in [2.45, 2.75) is 12.8 Å². The van der Waals surface area contributed by atoms with Crippen molar-refractivity contribution in [3.8, 4) is 0 Å². The molecule has 0 radical (unpaired) electrons. The van der Waals surface area contributed by atoms with Gasteiger partial charge in [0.25, 0.3) is 0 Å². The maximum atomic E-state index is 12.1. The lowest BCUT2D eigenvalue weighted by Crippen LogP contribution is -2.26. The van der Waals surface area contributed by atoms with Crippen molar-refractivity contribution >= 4 is 17.6 Å². The van der Waals surface area contributed by atoms with Gasteiger partial charge in [0.05, 0.1) is 13.0 Å². The van der Waals surface area contributed by atoms with Crippen LogP contribution in [0.2, 0.25) is 0 Å². The van der Waals surface area contributed by atoms with E-state index in [0.29, 0.717) is 6.54 Å². The molecule has 1 saturated heterocycles. The van der Waals surface area contributed by atoms with Crippen molar-refractivity contribution in [1.29, 1.82) is 0 Å². The summed E-state index contributed by atoms with van der Waals surface area (Å²) in [5.41, 5.74) is 3.17. The number of nitrogens with zero attached hydrogens (tertiary/aromatic N) is 2. The van der Waals surface area contributed by atoms with Crippen molar-refractivity contribution in [2.75, 3.05) is 18.6 Å². The molecule has 1 fully saturated rings. The van der Waals surface area contributed by atoms with E-state index < -0.39 is 0 Å². The molecule has 1 atom stereocenters. The zero-order valence-corrected chi connectivity index (χ0v) is 12.9. The van der Waals surface area contributed by atoms with Gasteiger partial charge in [-0.15, -0.1) is 0 Å². The van der Waals surface area contributed by atoms with Gasteiger partial charge in [-0.2, -0.15) is 0 Å². The van der Waals surface area contributed by atoms with E-state index in [1.54, 1.807) is 17.3 Å². The minimum atomic E-state index is -0.371. The minimum Gasteiger partial charge on any atom is -0.469 e. The Morgan fingerprint density at radius 2 is 1.83 bits per heavy atom. The number of ether oxygens (including phenoxy) is 1. The monoisotopic (exact) mass is 310 g/mol. The van der Waals surface area contributed by atoms with E-state index in [9.17, 15) is 9.59 Å². The minimum absolute atomic E-state index is 0.0396. The number of pyridine rings is 1. The zero-order valence-electron chi connectivity index (χ0n) is 12.9. The van der Waals surface area contributed by atoms with Gasteiger partial charge in [-0.1, -0.05) is 12.1 Å². The molecule has 3 rings (SSSR count). The highest BCUT2D eigenvalue weighted by Crippen LogP contribution is 2.26. The quantitative estimate of drug-likeness (QED) is 0.812. The highest BCUT2D eigenvalue weighted by atomic mass is 16.5.